The molecule has 3 aromatic rings. The smallest absolute Gasteiger partial charge is 0.413 e. The van der Waals surface area contributed by atoms with Gasteiger partial charge in [-0.2, -0.15) is 0 Å². The maximum absolute atomic E-state index is 12.4. The second kappa shape index (κ2) is 8.68. The fourth-order valence-electron chi connectivity index (χ4n) is 2.43. The van der Waals surface area contributed by atoms with Gasteiger partial charge in [0.15, 0.2) is 0 Å². The standard InChI is InChI=1S/C21H19N3O4/c1-24(21(26)27-2)17-9-7-16(8-10-17)23-20(25)15-5-11-18(12-6-15)28-19-4-3-13-22-14-19/h3-14H,1-2H3,(H,23,25). The number of benzene rings is 2. The molecule has 2 amide bonds. The Kier molecular flexibility index (Phi) is 5.86. The minimum Gasteiger partial charge on any atom is -0.456 e. The van der Waals surface area contributed by atoms with Gasteiger partial charge in [0, 0.05) is 30.2 Å². The predicted molar refractivity (Wildman–Crippen MR) is 106 cm³/mol. The Morgan fingerprint density at radius 2 is 1.68 bits per heavy atom. The van der Waals surface area contributed by atoms with E-state index in [-0.39, 0.29) is 5.91 Å². The summed E-state index contributed by atoms with van der Waals surface area (Å²) in [7, 11) is 2.93. The van der Waals surface area contributed by atoms with E-state index >= 15 is 0 Å². The van der Waals surface area contributed by atoms with Gasteiger partial charge in [-0.1, -0.05) is 0 Å². The average Bonchev–Trinajstić information content (AvgIpc) is 2.74. The Hall–Kier alpha value is -3.87. The van der Waals surface area contributed by atoms with Crippen LogP contribution in [-0.2, 0) is 4.74 Å². The minimum atomic E-state index is -0.467. The number of rotatable bonds is 5. The van der Waals surface area contributed by atoms with Gasteiger partial charge < -0.3 is 14.8 Å². The first-order valence-corrected chi connectivity index (χ1v) is 8.48. The van der Waals surface area contributed by atoms with Gasteiger partial charge in [0.1, 0.15) is 11.5 Å². The van der Waals surface area contributed by atoms with Gasteiger partial charge in [0.25, 0.3) is 5.91 Å². The number of nitrogens with zero attached hydrogens (tertiary/aromatic N) is 2. The van der Waals surface area contributed by atoms with Crippen molar-refractivity contribution in [3.63, 3.8) is 0 Å². The number of hydrogen-bond acceptors (Lipinski definition) is 5. The summed E-state index contributed by atoms with van der Waals surface area (Å²) in [5.74, 6) is 0.985. The highest BCUT2D eigenvalue weighted by Crippen LogP contribution is 2.22. The quantitative estimate of drug-likeness (QED) is 0.716. The number of anilines is 2. The molecule has 142 valence electrons. The highest BCUT2D eigenvalue weighted by atomic mass is 16.5. The van der Waals surface area contributed by atoms with Crippen LogP contribution in [0.1, 0.15) is 10.4 Å². The van der Waals surface area contributed by atoms with Gasteiger partial charge in [-0.05, 0) is 60.7 Å². The van der Waals surface area contributed by atoms with Crippen LogP contribution in [0.25, 0.3) is 0 Å². The van der Waals surface area contributed by atoms with Crippen molar-refractivity contribution < 1.29 is 19.1 Å². The molecule has 1 N–H and O–H groups in total. The number of carbonyl (C=O) groups is 2. The van der Waals surface area contributed by atoms with E-state index in [1.807, 2.05) is 0 Å². The van der Waals surface area contributed by atoms with Crippen LogP contribution in [0, 0.1) is 0 Å². The first-order chi connectivity index (χ1) is 13.6. The van der Waals surface area contributed by atoms with Crippen molar-refractivity contribution in [2.75, 3.05) is 24.4 Å². The molecule has 7 heteroatoms. The Balaban J connectivity index is 1.62. The summed E-state index contributed by atoms with van der Waals surface area (Å²) in [6.07, 6.45) is 2.81. The summed E-state index contributed by atoms with van der Waals surface area (Å²) in [5, 5.41) is 2.81. The summed E-state index contributed by atoms with van der Waals surface area (Å²) in [4.78, 5) is 29.3. The second-order valence-electron chi connectivity index (χ2n) is 5.85. The van der Waals surface area contributed by atoms with E-state index in [0.29, 0.717) is 28.4 Å². The Bertz CT molecular complexity index is 942. The molecule has 0 spiro atoms. The molecule has 0 saturated heterocycles. The molecule has 0 aliphatic carbocycles. The zero-order valence-electron chi connectivity index (χ0n) is 15.5. The Morgan fingerprint density at radius 1 is 0.964 bits per heavy atom. The molecule has 28 heavy (non-hydrogen) atoms. The average molecular weight is 377 g/mol. The third-order valence-corrected chi connectivity index (χ3v) is 3.95. The largest absolute Gasteiger partial charge is 0.456 e. The van der Waals surface area contributed by atoms with E-state index in [1.165, 1.54) is 12.0 Å². The fraction of sp³-hybridized carbons (Fsp3) is 0.0952. The van der Waals surface area contributed by atoms with Gasteiger partial charge in [-0.3, -0.25) is 14.7 Å². The third kappa shape index (κ3) is 4.64. The maximum Gasteiger partial charge on any atom is 0.413 e. The van der Waals surface area contributed by atoms with Gasteiger partial charge >= 0.3 is 6.09 Å². The number of hydrogen-bond donors (Lipinski definition) is 1. The lowest BCUT2D eigenvalue weighted by atomic mass is 10.2. The van der Waals surface area contributed by atoms with Crippen molar-refractivity contribution in [2.45, 2.75) is 0 Å². The molecule has 0 radical (unpaired) electrons. The number of pyridine rings is 1. The predicted octanol–water partition coefficient (Wildman–Crippen LogP) is 4.33. The molecule has 0 bridgehead atoms. The first kappa shape index (κ1) is 18.9. The van der Waals surface area contributed by atoms with Gasteiger partial charge in [-0.25, -0.2) is 4.79 Å². The number of nitrogens with one attached hydrogen (secondary N) is 1. The molecular weight excluding hydrogens is 358 g/mol. The highest BCUT2D eigenvalue weighted by molar-refractivity contribution is 6.04. The lowest BCUT2D eigenvalue weighted by Gasteiger charge is -2.16. The van der Waals surface area contributed by atoms with E-state index in [1.54, 1.807) is 80.1 Å². The van der Waals surface area contributed by atoms with Crippen LogP contribution < -0.4 is 15.0 Å². The molecule has 0 atom stereocenters. The van der Waals surface area contributed by atoms with Gasteiger partial charge in [0.05, 0.1) is 13.3 Å². The number of aromatic nitrogens is 1. The summed E-state index contributed by atoms with van der Waals surface area (Å²) in [5.41, 5.74) is 1.76. The number of amides is 2. The van der Waals surface area contributed by atoms with Crippen LogP contribution in [-0.4, -0.2) is 31.1 Å². The number of carbonyl (C=O) groups excluding carboxylic acids is 2. The highest BCUT2D eigenvalue weighted by Gasteiger charge is 2.11. The molecule has 0 fully saturated rings. The summed E-state index contributed by atoms with van der Waals surface area (Å²) < 4.78 is 10.3. The van der Waals surface area contributed by atoms with Crippen LogP contribution in [0.4, 0.5) is 16.2 Å². The number of methoxy groups -OCH3 is 1. The molecule has 0 aliphatic heterocycles. The van der Waals surface area contributed by atoms with Gasteiger partial charge in [0.2, 0.25) is 0 Å². The van der Waals surface area contributed by atoms with Crippen molar-refractivity contribution >= 4 is 23.4 Å². The Morgan fingerprint density at radius 3 is 2.29 bits per heavy atom. The molecule has 1 heterocycles. The van der Waals surface area contributed by atoms with Crippen LogP contribution in [0.2, 0.25) is 0 Å². The molecular formula is C21H19N3O4. The van der Waals surface area contributed by atoms with E-state index in [0.717, 1.165) is 0 Å². The molecule has 0 aliphatic rings. The van der Waals surface area contributed by atoms with E-state index in [4.69, 9.17) is 4.74 Å². The van der Waals surface area contributed by atoms with E-state index in [2.05, 4.69) is 15.0 Å². The van der Waals surface area contributed by atoms with E-state index < -0.39 is 6.09 Å². The van der Waals surface area contributed by atoms with Crippen LogP contribution >= 0.6 is 0 Å². The van der Waals surface area contributed by atoms with Crippen molar-refractivity contribution in [1.82, 2.24) is 4.98 Å². The molecule has 7 nitrogen and oxygen atoms in total. The number of ether oxygens (including phenoxy) is 2. The summed E-state index contributed by atoms with van der Waals surface area (Å²) in [6, 6.07) is 17.3. The fourth-order valence-corrected chi connectivity index (χ4v) is 2.43. The van der Waals surface area contributed by atoms with E-state index in [9.17, 15) is 9.59 Å². The first-order valence-electron chi connectivity index (χ1n) is 8.48. The maximum atomic E-state index is 12.4. The van der Waals surface area contributed by atoms with Crippen molar-refractivity contribution in [2.24, 2.45) is 0 Å². The van der Waals surface area contributed by atoms with Crippen molar-refractivity contribution in [3.8, 4) is 11.5 Å². The van der Waals surface area contributed by atoms with Crippen LogP contribution in [0.3, 0.4) is 0 Å². The van der Waals surface area contributed by atoms with Crippen LogP contribution in [0.15, 0.2) is 73.1 Å². The topological polar surface area (TPSA) is 80.8 Å². The zero-order valence-corrected chi connectivity index (χ0v) is 15.5. The summed E-state index contributed by atoms with van der Waals surface area (Å²) >= 11 is 0. The second-order valence-corrected chi connectivity index (χ2v) is 5.85. The molecule has 2 aromatic carbocycles. The van der Waals surface area contributed by atoms with Crippen molar-refractivity contribution in [3.05, 3.63) is 78.6 Å². The lowest BCUT2D eigenvalue weighted by molar-refractivity contribution is 0.102. The van der Waals surface area contributed by atoms with Gasteiger partial charge in [-0.15, -0.1) is 0 Å². The molecule has 0 unspecified atom stereocenters. The lowest BCUT2D eigenvalue weighted by Crippen LogP contribution is -2.25. The molecule has 1 aromatic heterocycles. The SMILES string of the molecule is COC(=O)N(C)c1ccc(NC(=O)c2ccc(Oc3cccnc3)cc2)cc1. The Labute approximate surface area is 162 Å². The third-order valence-electron chi connectivity index (χ3n) is 3.95. The van der Waals surface area contributed by atoms with Crippen LogP contribution in [0.5, 0.6) is 11.5 Å². The minimum absolute atomic E-state index is 0.248. The van der Waals surface area contributed by atoms with Crippen molar-refractivity contribution in [1.29, 1.82) is 0 Å². The normalized spacial score (nSPS) is 10.1. The zero-order chi connectivity index (χ0) is 19.9. The molecule has 0 saturated carbocycles. The molecule has 3 rings (SSSR count). The summed E-state index contributed by atoms with van der Waals surface area (Å²) in [6.45, 7) is 0. The monoisotopic (exact) mass is 377 g/mol.